The van der Waals surface area contributed by atoms with Crippen LogP contribution in [0.4, 0.5) is 5.69 Å². The fourth-order valence-electron chi connectivity index (χ4n) is 2.45. The van der Waals surface area contributed by atoms with Crippen LogP contribution in [0.3, 0.4) is 0 Å². The highest BCUT2D eigenvalue weighted by Gasteiger charge is 2.45. The third kappa shape index (κ3) is 1.38. The van der Waals surface area contributed by atoms with Crippen LogP contribution in [-0.4, -0.2) is 11.7 Å². The molecule has 0 radical (unpaired) electrons. The molecule has 1 saturated carbocycles. The standard InChI is InChI=1S/C13H15NOS/c1-9-4-2-5-10-11(9)16-8-13(6-3-7-13)12(15)14-10/h2,4-5H,3,6-8H2,1H3,(H,14,15). The molecule has 0 bridgehead atoms. The van der Waals surface area contributed by atoms with Gasteiger partial charge >= 0.3 is 0 Å². The highest BCUT2D eigenvalue weighted by molar-refractivity contribution is 7.99. The maximum atomic E-state index is 12.2. The first-order valence-electron chi connectivity index (χ1n) is 5.75. The highest BCUT2D eigenvalue weighted by Crippen LogP contribution is 2.49. The van der Waals surface area contributed by atoms with Crippen molar-refractivity contribution in [3.8, 4) is 0 Å². The Labute approximate surface area is 99.8 Å². The molecule has 1 aromatic carbocycles. The van der Waals surface area contributed by atoms with E-state index >= 15 is 0 Å². The predicted octanol–water partition coefficient (Wildman–Crippen LogP) is 3.21. The van der Waals surface area contributed by atoms with Gasteiger partial charge in [0.15, 0.2) is 0 Å². The number of fused-ring (bicyclic) bond motifs is 1. The molecule has 1 aliphatic heterocycles. The van der Waals surface area contributed by atoms with E-state index in [0.29, 0.717) is 0 Å². The summed E-state index contributed by atoms with van der Waals surface area (Å²) in [6, 6.07) is 6.12. The van der Waals surface area contributed by atoms with Crippen molar-refractivity contribution >= 4 is 23.4 Å². The monoisotopic (exact) mass is 233 g/mol. The Hall–Kier alpha value is -0.960. The first-order chi connectivity index (χ1) is 7.71. The Bertz CT molecular complexity index is 451. The lowest BCUT2D eigenvalue weighted by Gasteiger charge is -2.38. The zero-order valence-corrected chi connectivity index (χ0v) is 10.2. The van der Waals surface area contributed by atoms with E-state index in [1.807, 2.05) is 23.9 Å². The zero-order chi connectivity index (χ0) is 11.2. The number of nitrogens with one attached hydrogen (secondary N) is 1. The summed E-state index contributed by atoms with van der Waals surface area (Å²) in [4.78, 5) is 13.4. The topological polar surface area (TPSA) is 29.1 Å². The average molecular weight is 233 g/mol. The number of thioether (sulfide) groups is 1. The predicted molar refractivity (Wildman–Crippen MR) is 66.8 cm³/mol. The third-order valence-corrected chi connectivity index (χ3v) is 5.27. The molecular weight excluding hydrogens is 218 g/mol. The molecule has 1 amide bonds. The van der Waals surface area contributed by atoms with Gasteiger partial charge in [-0.25, -0.2) is 0 Å². The fraction of sp³-hybridized carbons (Fsp3) is 0.462. The number of benzene rings is 1. The number of anilines is 1. The lowest BCUT2D eigenvalue weighted by molar-refractivity contribution is -0.128. The smallest absolute Gasteiger partial charge is 0.231 e. The second-order valence-electron chi connectivity index (χ2n) is 4.83. The minimum Gasteiger partial charge on any atom is -0.325 e. The summed E-state index contributed by atoms with van der Waals surface area (Å²) >= 11 is 1.84. The number of amides is 1. The summed E-state index contributed by atoms with van der Waals surface area (Å²) in [7, 11) is 0. The number of hydrogen-bond donors (Lipinski definition) is 1. The van der Waals surface area contributed by atoms with Crippen LogP contribution in [-0.2, 0) is 4.79 Å². The lowest BCUT2D eigenvalue weighted by Crippen LogP contribution is -2.43. The molecule has 0 saturated heterocycles. The van der Waals surface area contributed by atoms with Crippen LogP contribution < -0.4 is 5.32 Å². The summed E-state index contributed by atoms with van der Waals surface area (Å²) in [5.74, 6) is 1.17. The van der Waals surface area contributed by atoms with Crippen LogP contribution in [0.5, 0.6) is 0 Å². The van der Waals surface area contributed by atoms with Gasteiger partial charge in [0, 0.05) is 10.6 Å². The Kier molecular flexibility index (Phi) is 2.25. The molecular formula is C13H15NOS. The Morgan fingerprint density at radius 2 is 2.19 bits per heavy atom. The van der Waals surface area contributed by atoms with Crippen molar-refractivity contribution in [3.63, 3.8) is 0 Å². The molecule has 1 aromatic rings. The summed E-state index contributed by atoms with van der Waals surface area (Å²) in [5.41, 5.74) is 2.19. The molecule has 0 atom stereocenters. The number of carbonyl (C=O) groups excluding carboxylic acids is 1. The van der Waals surface area contributed by atoms with Gasteiger partial charge in [-0.15, -0.1) is 11.8 Å². The van der Waals surface area contributed by atoms with Crippen LogP contribution in [0.15, 0.2) is 23.1 Å². The molecule has 0 unspecified atom stereocenters. The highest BCUT2D eigenvalue weighted by atomic mass is 32.2. The van der Waals surface area contributed by atoms with Gasteiger partial charge in [0.2, 0.25) is 5.91 Å². The van der Waals surface area contributed by atoms with Crippen molar-refractivity contribution < 1.29 is 4.79 Å². The van der Waals surface area contributed by atoms with E-state index in [9.17, 15) is 4.79 Å². The molecule has 2 nitrogen and oxygen atoms in total. The molecule has 1 heterocycles. The van der Waals surface area contributed by atoms with Crippen molar-refractivity contribution in [3.05, 3.63) is 23.8 Å². The first-order valence-corrected chi connectivity index (χ1v) is 6.74. The van der Waals surface area contributed by atoms with Crippen LogP contribution in [0.25, 0.3) is 0 Å². The number of carbonyl (C=O) groups is 1. The maximum absolute atomic E-state index is 12.2. The molecule has 1 fully saturated rings. The van der Waals surface area contributed by atoms with Crippen molar-refractivity contribution in [2.24, 2.45) is 5.41 Å². The first kappa shape index (κ1) is 10.2. The fourth-order valence-corrected chi connectivity index (χ4v) is 3.86. The van der Waals surface area contributed by atoms with Crippen molar-refractivity contribution in [2.45, 2.75) is 31.1 Å². The molecule has 1 spiro atoms. The van der Waals surface area contributed by atoms with E-state index < -0.39 is 0 Å². The van der Waals surface area contributed by atoms with Crippen molar-refractivity contribution in [1.82, 2.24) is 0 Å². The molecule has 1 aliphatic carbocycles. The summed E-state index contributed by atoms with van der Waals surface area (Å²) < 4.78 is 0. The zero-order valence-electron chi connectivity index (χ0n) is 9.38. The molecule has 16 heavy (non-hydrogen) atoms. The number of aryl methyl sites for hydroxylation is 1. The Balaban J connectivity index is 2.00. The van der Waals surface area contributed by atoms with E-state index in [0.717, 1.165) is 24.3 Å². The van der Waals surface area contributed by atoms with Gasteiger partial charge in [-0.05, 0) is 31.4 Å². The van der Waals surface area contributed by atoms with Gasteiger partial charge < -0.3 is 5.32 Å². The minimum absolute atomic E-state index is 0.0733. The normalized spacial score (nSPS) is 21.9. The van der Waals surface area contributed by atoms with Crippen molar-refractivity contribution in [2.75, 3.05) is 11.1 Å². The van der Waals surface area contributed by atoms with E-state index in [1.165, 1.54) is 16.9 Å². The van der Waals surface area contributed by atoms with Gasteiger partial charge in [0.05, 0.1) is 11.1 Å². The third-order valence-electron chi connectivity index (χ3n) is 3.75. The van der Waals surface area contributed by atoms with E-state index in [1.54, 1.807) is 0 Å². The molecule has 0 aromatic heterocycles. The van der Waals surface area contributed by atoms with Crippen LogP contribution in [0.1, 0.15) is 24.8 Å². The summed E-state index contributed by atoms with van der Waals surface area (Å²) in [6.45, 7) is 2.11. The molecule has 3 rings (SSSR count). The van der Waals surface area contributed by atoms with Crippen LogP contribution in [0.2, 0.25) is 0 Å². The van der Waals surface area contributed by atoms with Crippen LogP contribution in [0, 0.1) is 12.3 Å². The average Bonchev–Trinajstić information content (AvgIpc) is 2.34. The van der Waals surface area contributed by atoms with Crippen LogP contribution >= 0.6 is 11.8 Å². The van der Waals surface area contributed by atoms with Crippen molar-refractivity contribution in [1.29, 1.82) is 0 Å². The summed E-state index contributed by atoms with van der Waals surface area (Å²) in [6.07, 6.45) is 3.31. The summed E-state index contributed by atoms with van der Waals surface area (Å²) in [5, 5.41) is 3.10. The second kappa shape index (κ2) is 3.52. The molecule has 2 aliphatic rings. The maximum Gasteiger partial charge on any atom is 0.231 e. The quantitative estimate of drug-likeness (QED) is 0.745. The van der Waals surface area contributed by atoms with E-state index in [-0.39, 0.29) is 11.3 Å². The second-order valence-corrected chi connectivity index (χ2v) is 5.81. The van der Waals surface area contributed by atoms with Gasteiger partial charge in [-0.3, -0.25) is 4.79 Å². The molecule has 3 heteroatoms. The number of rotatable bonds is 0. The SMILES string of the molecule is Cc1cccc2c1SCC1(CCC1)C(=O)N2. The lowest BCUT2D eigenvalue weighted by atomic mass is 9.69. The van der Waals surface area contributed by atoms with E-state index in [2.05, 4.69) is 18.3 Å². The van der Waals surface area contributed by atoms with Gasteiger partial charge in [0.25, 0.3) is 0 Å². The largest absolute Gasteiger partial charge is 0.325 e. The Morgan fingerprint density at radius 3 is 2.88 bits per heavy atom. The number of hydrogen-bond acceptors (Lipinski definition) is 2. The Morgan fingerprint density at radius 1 is 1.38 bits per heavy atom. The van der Waals surface area contributed by atoms with Gasteiger partial charge in [-0.2, -0.15) is 0 Å². The minimum atomic E-state index is -0.0733. The van der Waals surface area contributed by atoms with E-state index in [4.69, 9.17) is 0 Å². The van der Waals surface area contributed by atoms with Gasteiger partial charge in [0.1, 0.15) is 0 Å². The van der Waals surface area contributed by atoms with Gasteiger partial charge in [-0.1, -0.05) is 18.6 Å². The molecule has 84 valence electrons. The molecule has 1 N–H and O–H groups in total.